The van der Waals surface area contributed by atoms with Crippen molar-refractivity contribution >= 4 is 33.7 Å². The summed E-state index contributed by atoms with van der Waals surface area (Å²) < 4.78 is 19.4. The molecule has 0 aliphatic carbocycles. The maximum Gasteiger partial charge on any atom is 0.259 e. The second kappa shape index (κ2) is 8.28. The molecule has 7 heteroatoms. The van der Waals surface area contributed by atoms with Crippen LogP contribution in [-0.4, -0.2) is 25.8 Å². The van der Waals surface area contributed by atoms with Gasteiger partial charge in [0.1, 0.15) is 11.6 Å². The number of hydrogen-bond acceptors (Lipinski definition) is 4. The highest BCUT2D eigenvalue weighted by molar-refractivity contribution is 9.10. The van der Waals surface area contributed by atoms with Gasteiger partial charge in [0.15, 0.2) is 0 Å². The number of benzene rings is 2. The molecule has 2 aromatic rings. The molecular weight excluding hydrogens is 365 g/mol. The summed E-state index contributed by atoms with van der Waals surface area (Å²) in [6, 6.07) is 11.8. The summed E-state index contributed by atoms with van der Waals surface area (Å²) in [5, 5.41) is 6.68. The van der Waals surface area contributed by atoms with Gasteiger partial charge in [0.2, 0.25) is 0 Å². The zero-order valence-corrected chi connectivity index (χ0v) is 13.9. The van der Waals surface area contributed by atoms with Crippen LogP contribution in [0.4, 0.5) is 10.1 Å². The number of carbonyl (C=O) groups excluding carboxylic acids is 1. The number of nitrogens with zero attached hydrogens (tertiary/aromatic N) is 1. The summed E-state index contributed by atoms with van der Waals surface area (Å²) in [6.45, 7) is 0.0144. The van der Waals surface area contributed by atoms with E-state index < -0.39 is 5.82 Å². The van der Waals surface area contributed by atoms with Gasteiger partial charge in [-0.2, -0.15) is 5.10 Å². The van der Waals surface area contributed by atoms with Crippen LogP contribution in [0.25, 0.3) is 0 Å². The minimum absolute atomic E-state index is 0.0144. The minimum Gasteiger partial charge on any atom is -0.495 e. The van der Waals surface area contributed by atoms with Crippen molar-refractivity contribution in [3.63, 3.8) is 0 Å². The van der Waals surface area contributed by atoms with Gasteiger partial charge in [-0.25, -0.2) is 9.82 Å². The summed E-state index contributed by atoms with van der Waals surface area (Å²) in [6.07, 6.45) is 1.25. The van der Waals surface area contributed by atoms with Crippen molar-refractivity contribution in [1.29, 1.82) is 0 Å². The SMILES string of the molecule is COc1ccccc1NCC(=O)N/N=C\c1ccc(Br)cc1F. The van der Waals surface area contributed by atoms with Crippen molar-refractivity contribution < 1.29 is 13.9 Å². The molecule has 2 aromatic carbocycles. The van der Waals surface area contributed by atoms with Crippen LogP contribution >= 0.6 is 15.9 Å². The molecule has 2 rings (SSSR count). The molecule has 1 amide bonds. The Bertz CT molecular complexity index is 722. The molecular formula is C16H15BrFN3O2. The standard InChI is InChI=1S/C16H15BrFN3O2/c1-23-15-5-3-2-4-14(15)19-10-16(22)21-20-9-11-6-7-12(17)8-13(11)18/h2-9,19H,10H2,1H3,(H,21,22)/b20-9-. The fourth-order valence-corrected chi connectivity index (χ4v) is 2.12. The normalized spacial score (nSPS) is 10.6. The van der Waals surface area contributed by atoms with E-state index in [0.717, 1.165) is 0 Å². The largest absolute Gasteiger partial charge is 0.495 e. The monoisotopic (exact) mass is 379 g/mol. The van der Waals surface area contributed by atoms with Crippen molar-refractivity contribution in [3.05, 3.63) is 58.3 Å². The number of rotatable bonds is 6. The number of para-hydroxylation sites is 2. The second-order valence-electron chi connectivity index (χ2n) is 4.51. The van der Waals surface area contributed by atoms with E-state index in [1.807, 2.05) is 12.1 Å². The molecule has 5 nitrogen and oxygen atoms in total. The molecule has 0 radical (unpaired) electrons. The third-order valence-corrected chi connectivity index (χ3v) is 3.40. The highest BCUT2D eigenvalue weighted by Crippen LogP contribution is 2.22. The van der Waals surface area contributed by atoms with E-state index in [1.165, 1.54) is 12.3 Å². The Morgan fingerprint density at radius 3 is 2.87 bits per heavy atom. The summed E-state index contributed by atoms with van der Waals surface area (Å²) in [4.78, 5) is 11.7. The van der Waals surface area contributed by atoms with Gasteiger partial charge >= 0.3 is 0 Å². The summed E-state index contributed by atoms with van der Waals surface area (Å²) in [7, 11) is 1.55. The van der Waals surface area contributed by atoms with E-state index in [4.69, 9.17) is 4.74 Å². The van der Waals surface area contributed by atoms with Crippen LogP contribution in [-0.2, 0) is 4.79 Å². The number of carbonyl (C=O) groups is 1. The summed E-state index contributed by atoms with van der Waals surface area (Å²) >= 11 is 3.17. The number of amides is 1. The quantitative estimate of drug-likeness (QED) is 0.598. The molecule has 2 N–H and O–H groups in total. The van der Waals surface area contributed by atoms with Crippen molar-refractivity contribution in [2.45, 2.75) is 0 Å². The van der Waals surface area contributed by atoms with Gasteiger partial charge in [0, 0.05) is 10.0 Å². The Balaban J connectivity index is 1.86. The van der Waals surface area contributed by atoms with E-state index in [2.05, 4.69) is 31.8 Å². The molecule has 0 spiro atoms. The van der Waals surface area contributed by atoms with Crippen molar-refractivity contribution in [3.8, 4) is 5.75 Å². The van der Waals surface area contributed by atoms with Crippen molar-refractivity contribution in [1.82, 2.24) is 5.43 Å². The van der Waals surface area contributed by atoms with Crippen LogP contribution in [0.5, 0.6) is 5.75 Å². The van der Waals surface area contributed by atoms with E-state index >= 15 is 0 Å². The average Bonchev–Trinajstić information content (AvgIpc) is 2.55. The number of hydrazone groups is 1. The highest BCUT2D eigenvalue weighted by Gasteiger charge is 2.04. The number of anilines is 1. The molecule has 23 heavy (non-hydrogen) atoms. The number of nitrogens with one attached hydrogen (secondary N) is 2. The van der Waals surface area contributed by atoms with Gasteiger partial charge < -0.3 is 10.1 Å². The molecule has 0 bridgehead atoms. The van der Waals surface area contributed by atoms with Gasteiger partial charge in [-0.3, -0.25) is 4.79 Å². The highest BCUT2D eigenvalue weighted by atomic mass is 79.9. The topological polar surface area (TPSA) is 62.7 Å². The van der Waals surface area contributed by atoms with E-state index in [-0.39, 0.29) is 18.0 Å². The average molecular weight is 380 g/mol. The molecule has 120 valence electrons. The Kier molecular flexibility index (Phi) is 6.10. The maximum absolute atomic E-state index is 13.6. The number of ether oxygens (including phenoxy) is 1. The van der Waals surface area contributed by atoms with Crippen molar-refractivity contribution in [2.75, 3.05) is 19.0 Å². The molecule has 0 unspecified atom stereocenters. The zero-order valence-electron chi connectivity index (χ0n) is 12.3. The lowest BCUT2D eigenvalue weighted by Gasteiger charge is -2.09. The van der Waals surface area contributed by atoms with Gasteiger partial charge in [-0.05, 0) is 30.3 Å². The maximum atomic E-state index is 13.6. The Morgan fingerprint density at radius 2 is 2.13 bits per heavy atom. The fourth-order valence-electron chi connectivity index (χ4n) is 1.79. The lowest BCUT2D eigenvalue weighted by molar-refractivity contribution is -0.119. The third-order valence-electron chi connectivity index (χ3n) is 2.90. The number of halogens is 2. The molecule has 0 aliphatic heterocycles. The molecule has 0 aromatic heterocycles. The predicted molar refractivity (Wildman–Crippen MR) is 91.3 cm³/mol. The number of hydrogen-bond donors (Lipinski definition) is 2. The van der Waals surface area contributed by atoms with Crippen molar-refractivity contribution in [2.24, 2.45) is 5.10 Å². The van der Waals surface area contributed by atoms with Crippen LogP contribution in [0.15, 0.2) is 52.0 Å². The first-order chi connectivity index (χ1) is 11.1. The van der Waals surface area contributed by atoms with Crippen LogP contribution in [0.2, 0.25) is 0 Å². The smallest absolute Gasteiger partial charge is 0.259 e. The lowest BCUT2D eigenvalue weighted by atomic mass is 10.2. The second-order valence-corrected chi connectivity index (χ2v) is 5.43. The van der Waals surface area contributed by atoms with E-state index in [9.17, 15) is 9.18 Å². The van der Waals surface area contributed by atoms with Gasteiger partial charge in [0.05, 0.1) is 25.6 Å². The van der Waals surface area contributed by atoms with Gasteiger partial charge in [-0.1, -0.05) is 28.1 Å². The summed E-state index contributed by atoms with van der Waals surface area (Å²) in [5.41, 5.74) is 3.31. The molecule has 0 heterocycles. The molecule has 0 saturated heterocycles. The molecule has 0 saturated carbocycles. The Labute approximate surface area is 141 Å². The Morgan fingerprint density at radius 1 is 1.35 bits per heavy atom. The predicted octanol–water partition coefficient (Wildman–Crippen LogP) is 3.16. The number of methoxy groups -OCH3 is 1. The van der Waals surface area contributed by atoms with Crippen LogP contribution in [0.3, 0.4) is 0 Å². The molecule has 0 aliphatic rings. The summed E-state index contributed by atoms with van der Waals surface area (Å²) in [5.74, 6) is -0.144. The van der Waals surface area contributed by atoms with E-state index in [0.29, 0.717) is 15.9 Å². The third kappa shape index (κ3) is 5.07. The minimum atomic E-state index is -0.426. The zero-order chi connectivity index (χ0) is 16.7. The molecule has 0 fully saturated rings. The first kappa shape index (κ1) is 17.0. The first-order valence-corrected chi connectivity index (χ1v) is 7.53. The van der Waals surface area contributed by atoms with Crippen LogP contribution in [0.1, 0.15) is 5.56 Å². The molecule has 0 atom stereocenters. The first-order valence-electron chi connectivity index (χ1n) is 6.74. The van der Waals surface area contributed by atoms with Gasteiger partial charge in [-0.15, -0.1) is 0 Å². The van der Waals surface area contributed by atoms with Gasteiger partial charge in [0.25, 0.3) is 5.91 Å². The van der Waals surface area contributed by atoms with E-state index in [1.54, 1.807) is 31.4 Å². The van der Waals surface area contributed by atoms with Crippen LogP contribution in [0, 0.1) is 5.82 Å². The fraction of sp³-hybridized carbons (Fsp3) is 0.125. The van der Waals surface area contributed by atoms with Crippen LogP contribution < -0.4 is 15.5 Å². The lowest BCUT2D eigenvalue weighted by Crippen LogP contribution is -2.26. The Hall–Kier alpha value is -2.41.